The first-order valence-electron chi connectivity index (χ1n) is 5.91. The minimum atomic E-state index is -2.95. The van der Waals surface area contributed by atoms with Gasteiger partial charge in [-0.25, -0.2) is 4.79 Å². The summed E-state index contributed by atoms with van der Waals surface area (Å²) in [6.45, 7) is -2.95. The Labute approximate surface area is 119 Å². The van der Waals surface area contributed by atoms with Crippen LogP contribution < -0.4 is 15.8 Å². The lowest BCUT2D eigenvalue weighted by Crippen LogP contribution is -2.05. The zero-order valence-electron chi connectivity index (χ0n) is 10.7. The summed E-state index contributed by atoms with van der Waals surface area (Å²) < 4.78 is 29.0. The summed E-state index contributed by atoms with van der Waals surface area (Å²) in [6.07, 6.45) is 0. The predicted molar refractivity (Wildman–Crippen MR) is 74.2 cm³/mol. The van der Waals surface area contributed by atoms with Crippen LogP contribution in [0.1, 0.15) is 10.4 Å². The van der Waals surface area contributed by atoms with Crippen LogP contribution in [-0.2, 0) is 0 Å². The molecule has 21 heavy (non-hydrogen) atoms. The molecule has 2 rings (SSSR count). The second-order valence-electron chi connectivity index (χ2n) is 4.11. The van der Waals surface area contributed by atoms with E-state index in [1.54, 1.807) is 18.2 Å². The number of benzene rings is 2. The molecule has 0 aliphatic heterocycles. The van der Waals surface area contributed by atoms with Crippen LogP contribution in [0.2, 0.25) is 0 Å². The van der Waals surface area contributed by atoms with Gasteiger partial charge in [0.25, 0.3) is 0 Å². The van der Waals surface area contributed by atoms with E-state index >= 15 is 0 Å². The normalized spacial score (nSPS) is 10.4. The summed E-state index contributed by atoms with van der Waals surface area (Å²) in [5.41, 5.74) is 6.27. The van der Waals surface area contributed by atoms with Crippen molar-refractivity contribution in [2.75, 3.05) is 11.1 Å². The molecule has 0 fully saturated rings. The van der Waals surface area contributed by atoms with Crippen LogP contribution in [0.5, 0.6) is 5.75 Å². The van der Waals surface area contributed by atoms with Gasteiger partial charge in [0.15, 0.2) is 0 Å². The third-order valence-corrected chi connectivity index (χ3v) is 2.67. The van der Waals surface area contributed by atoms with E-state index in [0.717, 1.165) is 0 Å². The van der Waals surface area contributed by atoms with Crippen molar-refractivity contribution in [2.24, 2.45) is 0 Å². The number of halogens is 2. The first-order valence-corrected chi connectivity index (χ1v) is 5.91. The Morgan fingerprint density at radius 2 is 1.95 bits per heavy atom. The van der Waals surface area contributed by atoms with Crippen LogP contribution in [0.15, 0.2) is 42.5 Å². The molecule has 4 N–H and O–H groups in total. The summed E-state index contributed by atoms with van der Waals surface area (Å²) in [5.74, 6) is -1.21. The van der Waals surface area contributed by atoms with E-state index in [-0.39, 0.29) is 17.0 Å². The number of carbonyl (C=O) groups is 1. The number of nitrogens with one attached hydrogen (secondary N) is 1. The average Bonchev–Trinajstić information content (AvgIpc) is 2.42. The summed E-state index contributed by atoms with van der Waals surface area (Å²) in [4.78, 5) is 11.0. The molecule has 0 spiro atoms. The molecule has 0 saturated heterocycles. The number of carboxylic acid groups (broad SMARTS) is 1. The van der Waals surface area contributed by atoms with Crippen LogP contribution >= 0.6 is 0 Å². The number of hydrogen-bond acceptors (Lipinski definition) is 4. The van der Waals surface area contributed by atoms with E-state index in [1.807, 2.05) is 0 Å². The topological polar surface area (TPSA) is 84.6 Å². The fourth-order valence-electron chi connectivity index (χ4n) is 1.74. The highest BCUT2D eigenvalue weighted by Gasteiger charge is 2.12. The van der Waals surface area contributed by atoms with E-state index in [4.69, 9.17) is 10.8 Å². The fraction of sp³-hybridized carbons (Fsp3) is 0.0714. The molecular weight excluding hydrogens is 282 g/mol. The number of anilines is 3. The highest BCUT2D eigenvalue weighted by Crippen LogP contribution is 2.29. The van der Waals surface area contributed by atoms with E-state index in [2.05, 4.69) is 10.1 Å². The lowest BCUT2D eigenvalue weighted by atomic mass is 10.1. The molecule has 0 bridgehead atoms. The number of alkyl halides is 2. The van der Waals surface area contributed by atoms with Gasteiger partial charge in [-0.15, -0.1) is 0 Å². The second-order valence-corrected chi connectivity index (χ2v) is 4.11. The molecule has 0 saturated carbocycles. The predicted octanol–water partition coefficient (Wildman–Crippen LogP) is 3.31. The van der Waals surface area contributed by atoms with Crippen LogP contribution in [0.3, 0.4) is 0 Å². The van der Waals surface area contributed by atoms with Gasteiger partial charge in [0, 0.05) is 11.4 Å². The lowest BCUT2D eigenvalue weighted by molar-refractivity contribution is -0.0493. The molecule has 0 aliphatic rings. The van der Waals surface area contributed by atoms with E-state index in [1.165, 1.54) is 24.3 Å². The van der Waals surface area contributed by atoms with Crippen molar-refractivity contribution < 1.29 is 23.4 Å². The molecule has 2 aromatic rings. The molecule has 0 aliphatic carbocycles. The van der Waals surface area contributed by atoms with Crippen molar-refractivity contribution in [1.29, 1.82) is 0 Å². The molecule has 110 valence electrons. The van der Waals surface area contributed by atoms with E-state index < -0.39 is 12.6 Å². The number of para-hydroxylation sites is 2. The molecule has 0 atom stereocenters. The molecule has 5 nitrogen and oxygen atoms in total. The average molecular weight is 294 g/mol. The Kier molecular flexibility index (Phi) is 4.22. The SMILES string of the molecule is Nc1ccc(Nc2ccccc2OC(F)F)cc1C(=O)O. The highest BCUT2D eigenvalue weighted by atomic mass is 19.3. The maximum absolute atomic E-state index is 12.3. The maximum Gasteiger partial charge on any atom is 0.387 e. The summed E-state index contributed by atoms with van der Waals surface area (Å²) in [6, 6.07) is 10.4. The van der Waals surface area contributed by atoms with Crippen LogP contribution in [0.25, 0.3) is 0 Å². The fourth-order valence-corrected chi connectivity index (χ4v) is 1.74. The van der Waals surface area contributed by atoms with Gasteiger partial charge in [0.2, 0.25) is 0 Å². The second kappa shape index (κ2) is 6.08. The van der Waals surface area contributed by atoms with Gasteiger partial charge in [0.05, 0.1) is 11.3 Å². The zero-order valence-corrected chi connectivity index (χ0v) is 10.7. The monoisotopic (exact) mass is 294 g/mol. The smallest absolute Gasteiger partial charge is 0.387 e. The van der Waals surface area contributed by atoms with E-state index in [9.17, 15) is 13.6 Å². The molecular formula is C14H12F2N2O3. The third-order valence-electron chi connectivity index (χ3n) is 2.67. The molecule has 0 heterocycles. The van der Waals surface area contributed by atoms with Crippen LogP contribution in [-0.4, -0.2) is 17.7 Å². The van der Waals surface area contributed by atoms with Gasteiger partial charge in [-0.05, 0) is 30.3 Å². The van der Waals surface area contributed by atoms with Crippen LogP contribution in [0.4, 0.5) is 25.8 Å². The largest absolute Gasteiger partial charge is 0.478 e. The summed E-state index contributed by atoms with van der Waals surface area (Å²) in [7, 11) is 0. The zero-order chi connectivity index (χ0) is 15.4. The van der Waals surface area contributed by atoms with Crippen LogP contribution in [0, 0.1) is 0 Å². The van der Waals surface area contributed by atoms with Crippen molar-refractivity contribution >= 4 is 23.0 Å². The first kappa shape index (κ1) is 14.6. The van der Waals surface area contributed by atoms with Gasteiger partial charge < -0.3 is 20.9 Å². The Morgan fingerprint density at radius 3 is 2.62 bits per heavy atom. The van der Waals surface area contributed by atoms with Gasteiger partial charge >= 0.3 is 12.6 Å². The maximum atomic E-state index is 12.3. The number of nitrogens with two attached hydrogens (primary N) is 1. The molecule has 0 aromatic heterocycles. The number of nitrogen functional groups attached to an aromatic ring is 1. The third kappa shape index (κ3) is 3.59. The summed E-state index contributed by atoms with van der Waals surface area (Å²) >= 11 is 0. The van der Waals surface area contributed by atoms with Crippen molar-refractivity contribution in [3.05, 3.63) is 48.0 Å². The molecule has 0 amide bonds. The number of carboxylic acids is 1. The Balaban J connectivity index is 2.30. The number of ether oxygens (including phenoxy) is 1. The molecule has 0 unspecified atom stereocenters. The van der Waals surface area contributed by atoms with Crippen molar-refractivity contribution in [1.82, 2.24) is 0 Å². The van der Waals surface area contributed by atoms with Crippen molar-refractivity contribution in [2.45, 2.75) is 6.61 Å². The minimum absolute atomic E-state index is 0.0406. The summed E-state index contributed by atoms with van der Waals surface area (Å²) in [5, 5.41) is 11.8. The van der Waals surface area contributed by atoms with Gasteiger partial charge in [0.1, 0.15) is 5.75 Å². The van der Waals surface area contributed by atoms with Crippen molar-refractivity contribution in [3.8, 4) is 5.75 Å². The van der Waals surface area contributed by atoms with Gasteiger partial charge in [-0.1, -0.05) is 12.1 Å². The standard InChI is InChI=1S/C14H12F2N2O3/c15-14(16)21-12-4-2-1-3-11(12)18-8-5-6-10(17)9(7-8)13(19)20/h1-7,14,18H,17H2,(H,19,20). The molecule has 7 heteroatoms. The number of aromatic carboxylic acids is 1. The minimum Gasteiger partial charge on any atom is -0.478 e. The highest BCUT2D eigenvalue weighted by molar-refractivity contribution is 5.95. The number of hydrogen-bond donors (Lipinski definition) is 3. The lowest BCUT2D eigenvalue weighted by Gasteiger charge is -2.13. The van der Waals surface area contributed by atoms with Gasteiger partial charge in [-0.3, -0.25) is 0 Å². The Morgan fingerprint density at radius 1 is 1.24 bits per heavy atom. The Hall–Kier alpha value is -2.83. The first-order chi connectivity index (χ1) is 9.97. The van der Waals surface area contributed by atoms with Gasteiger partial charge in [-0.2, -0.15) is 8.78 Å². The molecule has 2 aromatic carbocycles. The number of rotatable bonds is 5. The quantitative estimate of drug-likeness (QED) is 0.737. The van der Waals surface area contributed by atoms with E-state index in [0.29, 0.717) is 11.4 Å². The molecule has 0 radical (unpaired) electrons. The van der Waals surface area contributed by atoms with Crippen molar-refractivity contribution in [3.63, 3.8) is 0 Å². The Bertz CT molecular complexity index is 662.